The number of rotatable bonds is 4. The van der Waals surface area contributed by atoms with E-state index < -0.39 is 0 Å². The van der Waals surface area contributed by atoms with Crippen molar-refractivity contribution in [1.82, 2.24) is 4.98 Å². The number of anilines is 1. The topological polar surface area (TPSA) is 51.4 Å². The van der Waals surface area contributed by atoms with Crippen LogP contribution in [-0.4, -0.2) is 32.2 Å². The molecule has 0 aromatic carbocycles. The highest BCUT2D eigenvalue weighted by molar-refractivity contribution is 5.39. The molecule has 0 aliphatic heterocycles. The van der Waals surface area contributed by atoms with Crippen LogP contribution in [0.1, 0.15) is 0 Å². The maximum absolute atomic E-state index is 5.44. The quantitative estimate of drug-likeness (QED) is 0.734. The van der Waals surface area contributed by atoms with Crippen molar-refractivity contribution in [3.63, 3.8) is 0 Å². The Balaban J connectivity index is 2.75. The van der Waals surface area contributed by atoms with Gasteiger partial charge < -0.3 is 15.4 Å². The van der Waals surface area contributed by atoms with Gasteiger partial charge in [0, 0.05) is 26.2 Å². The molecule has 1 aromatic rings. The molecule has 0 saturated heterocycles. The first-order valence-corrected chi connectivity index (χ1v) is 4.20. The largest absolute Gasteiger partial charge is 0.481 e. The van der Waals surface area contributed by atoms with Crippen LogP contribution in [-0.2, 0) is 0 Å². The summed E-state index contributed by atoms with van der Waals surface area (Å²) in [6, 6.07) is 5.66. The smallest absolute Gasteiger partial charge is 0.214 e. The summed E-state index contributed by atoms with van der Waals surface area (Å²) in [5, 5.41) is 0. The molecule has 1 aromatic heterocycles. The molecule has 0 radical (unpaired) electrons. The SMILES string of the molecule is COc1cccc(N(C)CCN)n1. The van der Waals surface area contributed by atoms with Crippen molar-refractivity contribution >= 4 is 5.82 Å². The summed E-state index contributed by atoms with van der Waals surface area (Å²) in [5.74, 6) is 1.51. The average Bonchev–Trinajstić information content (AvgIpc) is 2.18. The normalized spacial score (nSPS) is 9.77. The molecule has 0 saturated carbocycles. The van der Waals surface area contributed by atoms with Gasteiger partial charge in [0.05, 0.1) is 7.11 Å². The number of pyridine rings is 1. The van der Waals surface area contributed by atoms with Crippen LogP contribution in [0, 0.1) is 0 Å². The third-order valence-electron chi connectivity index (χ3n) is 1.77. The second-order valence-electron chi connectivity index (χ2n) is 2.75. The van der Waals surface area contributed by atoms with Crippen molar-refractivity contribution in [2.24, 2.45) is 5.73 Å². The van der Waals surface area contributed by atoms with E-state index in [9.17, 15) is 0 Å². The van der Waals surface area contributed by atoms with Crippen molar-refractivity contribution in [2.45, 2.75) is 0 Å². The average molecular weight is 181 g/mol. The first kappa shape index (κ1) is 9.80. The van der Waals surface area contributed by atoms with E-state index in [1.165, 1.54) is 0 Å². The molecule has 0 aliphatic rings. The number of nitrogens with zero attached hydrogens (tertiary/aromatic N) is 2. The summed E-state index contributed by atoms with van der Waals surface area (Å²) in [5.41, 5.74) is 5.44. The maximum atomic E-state index is 5.44. The molecule has 0 unspecified atom stereocenters. The van der Waals surface area contributed by atoms with E-state index in [2.05, 4.69) is 4.98 Å². The zero-order valence-corrected chi connectivity index (χ0v) is 8.03. The van der Waals surface area contributed by atoms with E-state index in [4.69, 9.17) is 10.5 Å². The Kier molecular flexibility index (Phi) is 3.52. The molecule has 72 valence electrons. The Bertz CT molecular complexity index is 265. The molecule has 2 N–H and O–H groups in total. The molecular weight excluding hydrogens is 166 g/mol. The monoisotopic (exact) mass is 181 g/mol. The third kappa shape index (κ3) is 2.59. The van der Waals surface area contributed by atoms with Gasteiger partial charge in [-0.15, -0.1) is 0 Å². The molecule has 4 nitrogen and oxygen atoms in total. The zero-order chi connectivity index (χ0) is 9.68. The maximum Gasteiger partial charge on any atom is 0.214 e. The molecule has 13 heavy (non-hydrogen) atoms. The predicted octanol–water partition coefficient (Wildman–Crippen LogP) is 0.485. The summed E-state index contributed by atoms with van der Waals surface area (Å²) in [7, 11) is 3.56. The van der Waals surface area contributed by atoms with Crippen LogP contribution >= 0.6 is 0 Å². The number of hydrogen-bond acceptors (Lipinski definition) is 4. The fraction of sp³-hybridized carbons (Fsp3) is 0.444. The Labute approximate surface area is 78.3 Å². The lowest BCUT2D eigenvalue weighted by Crippen LogP contribution is -2.25. The number of nitrogens with two attached hydrogens (primary N) is 1. The number of aromatic nitrogens is 1. The molecule has 0 fully saturated rings. The van der Waals surface area contributed by atoms with Gasteiger partial charge in [0.1, 0.15) is 5.82 Å². The fourth-order valence-electron chi connectivity index (χ4n) is 1.04. The number of methoxy groups -OCH3 is 1. The van der Waals surface area contributed by atoms with Crippen molar-refractivity contribution < 1.29 is 4.74 Å². The van der Waals surface area contributed by atoms with E-state index in [0.717, 1.165) is 12.4 Å². The summed E-state index contributed by atoms with van der Waals surface area (Å²) < 4.78 is 5.01. The molecule has 4 heteroatoms. The van der Waals surface area contributed by atoms with E-state index in [0.29, 0.717) is 12.4 Å². The minimum atomic E-state index is 0.620. The van der Waals surface area contributed by atoms with Gasteiger partial charge in [-0.25, -0.2) is 0 Å². The number of hydrogen-bond donors (Lipinski definition) is 1. The van der Waals surface area contributed by atoms with Crippen LogP contribution in [0.2, 0.25) is 0 Å². The van der Waals surface area contributed by atoms with Crippen molar-refractivity contribution in [1.29, 1.82) is 0 Å². The third-order valence-corrected chi connectivity index (χ3v) is 1.77. The van der Waals surface area contributed by atoms with Crippen molar-refractivity contribution in [3.05, 3.63) is 18.2 Å². The second-order valence-corrected chi connectivity index (χ2v) is 2.75. The zero-order valence-electron chi connectivity index (χ0n) is 8.03. The van der Waals surface area contributed by atoms with Crippen LogP contribution in [0.15, 0.2) is 18.2 Å². The minimum absolute atomic E-state index is 0.620. The van der Waals surface area contributed by atoms with Crippen LogP contribution < -0.4 is 15.4 Å². The molecule has 0 spiro atoms. The number of ether oxygens (including phenoxy) is 1. The van der Waals surface area contributed by atoms with E-state index in [1.54, 1.807) is 7.11 Å². The molecule has 0 atom stereocenters. The van der Waals surface area contributed by atoms with Gasteiger partial charge in [-0.3, -0.25) is 0 Å². The van der Waals surface area contributed by atoms with E-state index in [1.807, 2.05) is 30.1 Å². The highest BCUT2D eigenvalue weighted by Crippen LogP contribution is 2.13. The van der Waals surface area contributed by atoms with Crippen LogP contribution in [0.3, 0.4) is 0 Å². The summed E-state index contributed by atoms with van der Waals surface area (Å²) in [6.45, 7) is 1.41. The standard InChI is InChI=1S/C9H15N3O/c1-12(7-6-10)8-4-3-5-9(11-8)13-2/h3-5H,6-7,10H2,1-2H3. The van der Waals surface area contributed by atoms with E-state index in [-0.39, 0.29) is 0 Å². The van der Waals surface area contributed by atoms with Gasteiger partial charge in [-0.05, 0) is 6.07 Å². The molecule has 1 rings (SSSR count). The predicted molar refractivity (Wildman–Crippen MR) is 53.1 cm³/mol. The van der Waals surface area contributed by atoms with Crippen molar-refractivity contribution in [3.8, 4) is 5.88 Å². The van der Waals surface area contributed by atoms with Crippen LogP contribution in [0.5, 0.6) is 5.88 Å². The van der Waals surface area contributed by atoms with Gasteiger partial charge >= 0.3 is 0 Å². The van der Waals surface area contributed by atoms with E-state index >= 15 is 0 Å². The summed E-state index contributed by atoms with van der Waals surface area (Å²) >= 11 is 0. The summed E-state index contributed by atoms with van der Waals surface area (Å²) in [4.78, 5) is 6.25. The van der Waals surface area contributed by atoms with Gasteiger partial charge in [-0.1, -0.05) is 6.07 Å². The number of likely N-dealkylation sites (N-methyl/N-ethyl adjacent to an activating group) is 1. The second kappa shape index (κ2) is 4.67. The highest BCUT2D eigenvalue weighted by Gasteiger charge is 2.01. The first-order valence-electron chi connectivity index (χ1n) is 4.20. The first-order chi connectivity index (χ1) is 6.27. The lowest BCUT2D eigenvalue weighted by atomic mass is 10.4. The lowest BCUT2D eigenvalue weighted by molar-refractivity contribution is 0.398. The Morgan fingerprint density at radius 3 is 2.92 bits per heavy atom. The van der Waals surface area contributed by atoms with Gasteiger partial charge in [-0.2, -0.15) is 4.98 Å². The van der Waals surface area contributed by atoms with Crippen LogP contribution in [0.4, 0.5) is 5.82 Å². The molecule has 0 aliphatic carbocycles. The highest BCUT2D eigenvalue weighted by atomic mass is 16.5. The molecular formula is C9H15N3O. The Hall–Kier alpha value is -1.29. The van der Waals surface area contributed by atoms with Crippen molar-refractivity contribution in [2.75, 3.05) is 32.1 Å². The Morgan fingerprint density at radius 2 is 2.31 bits per heavy atom. The molecule has 0 bridgehead atoms. The lowest BCUT2D eigenvalue weighted by Gasteiger charge is -2.16. The van der Waals surface area contributed by atoms with Gasteiger partial charge in [0.2, 0.25) is 5.88 Å². The van der Waals surface area contributed by atoms with Gasteiger partial charge in [0.15, 0.2) is 0 Å². The minimum Gasteiger partial charge on any atom is -0.481 e. The van der Waals surface area contributed by atoms with Crippen LogP contribution in [0.25, 0.3) is 0 Å². The molecule has 1 heterocycles. The van der Waals surface area contributed by atoms with Gasteiger partial charge in [0.25, 0.3) is 0 Å². The summed E-state index contributed by atoms with van der Waals surface area (Å²) in [6.07, 6.45) is 0. The fourth-order valence-corrected chi connectivity index (χ4v) is 1.04. The Morgan fingerprint density at radius 1 is 1.54 bits per heavy atom. The molecule has 0 amide bonds.